The summed E-state index contributed by atoms with van der Waals surface area (Å²) >= 11 is 0. The minimum atomic E-state index is -0.274. The zero-order valence-corrected chi connectivity index (χ0v) is 10.2. The van der Waals surface area contributed by atoms with Gasteiger partial charge < -0.3 is 14.3 Å². The van der Waals surface area contributed by atoms with Gasteiger partial charge in [-0.15, -0.1) is 0 Å². The van der Waals surface area contributed by atoms with Crippen molar-refractivity contribution < 1.29 is 14.3 Å². The Balaban J connectivity index is 0.00000162. The van der Waals surface area contributed by atoms with E-state index in [4.69, 9.17) is 14.3 Å². The minimum Gasteiger partial charge on any atom is -0.390 e. The molecule has 1 heterocycles. The Kier molecular flexibility index (Phi) is 5.82. The SMILES string of the molecule is C.C/C(=N\OCC1OCCO1)c1ccc(C)cc1. The maximum atomic E-state index is 5.24. The molecule has 18 heavy (non-hydrogen) atoms. The fourth-order valence-corrected chi connectivity index (χ4v) is 1.55. The summed E-state index contributed by atoms with van der Waals surface area (Å²) < 4.78 is 10.5. The normalized spacial score (nSPS) is 16.4. The molecule has 1 aromatic rings. The number of aryl methyl sites for hydroxylation is 1. The largest absolute Gasteiger partial charge is 0.390 e. The summed E-state index contributed by atoms with van der Waals surface area (Å²) in [7, 11) is 0. The number of hydrogen-bond donors (Lipinski definition) is 0. The van der Waals surface area contributed by atoms with E-state index in [2.05, 4.69) is 24.2 Å². The summed E-state index contributed by atoms with van der Waals surface area (Å²) in [5.41, 5.74) is 3.14. The van der Waals surface area contributed by atoms with E-state index in [1.165, 1.54) is 5.56 Å². The van der Waals surface area contributed by atoms with Gasteiger partial charge in [0, 0.05) is 0 Å². The van der Waals surface area contributed by atoms with E-state index in [-0.39, 0.29) is 13.7 Å². The predicted molar refractivity (Wildman–Crippen MR) is 71.8 cm³/mol. The van der Waals surface area contributed by atoms with E-state index in [0.717, 1.165) is 11.3 Å². The summed E-state index contributed by atoms with van der Waals surface area (Å²) in [5, 5.41) is 4.04. The molecule has 1 fully saturated rings. The minimum absolute atomic E-state index is 0. The second kappa shape index (κ2) is 7.13. The molecule has 0 radical (unpaired) electrons. The topological polar surface area (TPSA) is 40.0 Å². The highest BCUT2D eigenvalue weighted by molar-refractivity contribution is 5.98. The second-order valence-corrected chi connectivity index (χ2v) is 4.01. The Morgan fingerprint density at radius 1 is 1.28 bits per heavy atom. The monoisotopic (exact) mass is 251 g/mol. The molecule has 1 aliphatic heterocycles. The standard InChI is InChI=1S/C13H17NO3.CH4/c1-10-3-5-12(6-4-10)11(2)14-17-9-13-15-7-8-16-13;/h3-6,13H,7-9H2,1-2H3;1H4/b14-11+;. The van der Waals surface area contributed by atoms with Crippen molar-refractivity contribution in [1.82, 2.24) is 0 Å². The van der Waals surface area contributed by atoms with Crippen LogP contribution >= 0.6 is 0 Å². The Hall–Kier alpha value is -1.39. The lowest BCUT2D eigenvalue weighted by Crippen LogP contribution is -2.14. The summed E-state index contributed by atoms with van der Waals surface area (Å²) in [6.07, 6.45) is -0.274. The van der Waals surface area contributed by atoms with Gasteiger partial charge in [-0.2, -0.15) is 0 Å². The van der Waals surface area contributed by atoms with Crippen LogP contribution in [0.4, 0.5) is 0 Å². The molecular weight excluding hydrogens is 230 g/mol. The molecule has 0 bridgehead atoms. The molecule has 1 saturated heterocycles. The van der Waals surface area contributed by atoms with E-state index in [1.54, 1.807) is 0 Å². The van der Waals surface area contributed by atoms with E-state index in [1.807, 2.05) is 19.1 Å². The van der Waals surface area contributed by atoms with Crippen LogP contribution in [0.15, 0.2) is 29.4 Å². The first kappa shape index (κ1) is 14.7. The molecular formula is C14H21NO3. The van der Waals surface area contributed by atoms with Crippen LogP contribution in [0.1, 0.15) is 25.5 Å². The lowest BCUT2D eigenvalue weighted by molar-refractivity contribution is -0.0934. The van der Waals surface area contributed by atoms with Crippen molar-refractivity contribution >= 4 is 5.71 Å². The lowest BCUT2D eigenvalue weighted by Gasteiger charge is -2.07. The van der Waals surface area contributed by atoms with E-state index in [0.29, 0.717) is 19.8 Å². The molecule has 0 unspecified atom stereocenters. The van der Waals surface area contributed by atoms with Crippen molar-refractivity contribution in [3.8, 4) is 0 Å². The average Bonchev–Trinajstić information content (AvgIpc) is 2.83. The number of rotatable bonds is 4. The number of ether oxygens (including phenoxy) is 2. The first-order valence-electron chi connectivity index (χ1n) is 5.72. The Morgan fingerprint density at radius 3 is 2.50 bits per heavy atom. The molecule has 0 aliphatic carbocycles. The summed E-state index contributed by atoms with van der Waals surface area (Å²) in [4.78, 5) is 5.20. The van der Waals surface area contributed by atoms with Crippen LogP contribution in [-0.4, -0.2) is 31.8 Å². The highest BCUT2D eigenvalue weighted by Gasteiger charge is 2.16. The first-order chi connectivity index (χ1) is 8.25. The van der Waals surface area contributed by atoms with Crippen molar-refractivity contribution in [3.63, 3.8) is 0 Å². The Morgan fingerprint density at radius 2 is 1.89 bits per heavy atom. The van der Waals surface area contributed by atoms with Gasteiger partial charge in [0.1, 0.15) is 0 Å². The second-order valence-electron chi connectivity index (χ2n) is 4.01. The first-order valence-corrected chi connectivity index (χ1v) is 5.72. The van der Waals surface area contributed by atoms with Crippen molar-refractivity contribution in [2.75, 3.05) is 19.8 Å². The van der Waals surface area contributed by atoms with Crippen LogP contribution in [-0.2, 0) is 14.3 Å². The Bertz CT molecular complexity index is 381. The molecule has 4 nitrogen and oxygen atoms in total. The zero-order valence-electron chi connectivity index (χ0n) is 10.2. The number of benzene rings is 1. The van der Waals surface area contributed by atoms with Gasteiger partial charge >= 0.3 is 0 Å². The van der Waals surface area contributed by atoms with Crippen LogP contribution in [0, 0.1) is 6.92 Å². The van der Waals surface area contributed by atoms with Gasteiger partial charge in [0.25, 0.3) is 0 Å². The molecule has 100 valence electrons. The maximum absolute atomic E-state index is 5.24. The van der Waals surface area contributed by atoms with Gasteiger partial charge in [-0.25, -0.2) is 0 Å². The van der Waals surface area contributed by atoms with Crippen molar-refractivity contribution in [3.05, 3.63) is 35.4 Å². The number of nitrogens with zero attached hydrogens (tertiary/aromatic N) is 1. The van der Waals surface area contributed by atoms with Crippen molar-refractivity contribution in [1.29, 1.82) is 0 Å². The van der Waals surface area contributed by atoms with E-state index >= 15 is 0 Å². The van der Waals surface area contributed by atoms with E-state index < -0.39 is 0 Å². The van der Waals surface area contributed by atoms with Gasteiger partial charge in [-0.1, -0.05) is 42.4 Å². The molecule has 0 amide bonds. The lowest BCUT2D eigenvalue weighted by atomic mass is 10.1. The third-order valence-corrected chi connectivity index (χ3v) is 2.57. The van der Waals surface area contributed by atoms with Gasteiger partial charge in [0.15, 0.2) is 12.9 Å². The molecule has 1 aliphatic rings. The molecule has 0 atom stereocenters. The molecule has 0 N–H and O–H groups in total. The zero-order chi connectivity index (χ0) is 12.1. The third kappa shape index (κ3) is 4.13. The van der Waals surface area contributed by atoms with Gasteiger partial charge in [0.05, 0.1) is 18.9 Å². The fourth-order valence-electron chi connectivity index (χ4n) is 1.55. The molecule has 2 rings (SSSR count). The van der Waals surface area contributed by atoms with Crippen LogP contribution in [0.2, 0.25) is 0 Å². The third-order valence-electron chi connectivity index (χ3n) is 2.57. The quantitative estimate of drug-likeness (QED) is 0.610. The van der Waals surface area contributed by atoms with E-state index in [9.17, 15) is 0 Å². The van der Waals surface area contributed by atoms with Crippen molar-refractivity contribution in [2.45, 2.75) is 27.6 Å². The molecule has 1 aromatic carbocycles. The highest BCUT2D eigenvalue weighted by Crippen LogP contribution is 2.07. The smallest absolute Gasteiger partial charge is 0.194 e. The fraction of sp³-hybridized carbons (Fsp3) is 0.500. The van der Waals surface area contributed by atoms with Gasteiger partial charge in [-0.3, -0.25) is 0 Å². The van der Waals surface area contributed by atoms with Gasteiger partial charge in [-0.05, 0) is 19.4 Å². The summed E-state index contributed by atoms with van der Waals surface area (Å²) in [6, 6.07) is 8.16. The molecule has 0 saturated carbocycles. The average molecular weight is 251 g/mol. The van der Waals surface area contributed by atoms with Gasteiger partial charge in [0.2, 0.25) is 0 Å². The molecule has 0 spiro atoms. The molecule has 4 heteroatoms. The van der Waals surface area contributed by atoms with Crippen LogP contribution < -0.4 is 0 Å². The van der Waals surface area contributed by atoms with Crippen molar-refractivity contribution in [2.24, 2.45) is 5.16 Å². The van der Waals surface area contributed by atoms with Crippen LogP contribution in [0.3, 0.4) is 0 Å². The Labute approximate surface area is 109 Å². The highest BCUT2D eigenvalue weighted by atomic mass is 16.7. The molecule has 0 aromatic heterocycles. The van der Waals surface area contributed by atoms with Crippen LogP contribution in [0.25, 0.3) is 0 Å². The number of oxime groups is 1. The maximum Gasteiger partial charge on any atom is 0.194 e. The summed E-state index contributed by atoms with van der Waals surface area (Å²) in [5.74, 6) is 0. The number of hydrogen-bond acceptors (Lipinski definition) is 4. The summed E-state index contributed by atoms with van der Waals surface area (Å²) in [6.45, 7) is 5.58. The van der Waals surface area contributed by atoms with Crippen LogP contribution in [0.5, 0.6) is 0 Å². The predicted octanol–water partition coefficient (Wildman–Crippen LogP) is 2.74.